The number of ether oxygens (including phenoxy) is 2. The van der Waals surface area contributed by atoms with Gasteiger partial charge in [0.2, 0.25) is 10.0 Å². The van der Waals surface area contributed by atoms with Crippen LogP contribution in [0.15, 0.2) is 18.2 Å². The van der Waals surface area contributed by atoms with Crippen LogP contribution in [-0.2, 0) is 16.4 Å². The van der Waals surface area contributed by atoms with Gasteiger partial charge in [0.05, 0.1) is 26.2 Å². The lowest BCUT2D eigenvalue weighted by Gasteiger charge is -2.10. The molecule has 0 bridgehead atoms. The molecule has 26 heavy (non-hydrogen) atoms. The molecule has 1 aromatic carbocycles. The van der Waals surface area contributed by atoms with Gasteiger partial charge in [-0.3, -0.25) is 9.52 Å². The average Bonchev–Trinajstić information content (AvgIpc) is 2.92. The minimum Gasteiger partial charge on any atom is -0.493 e. The van der Waals surface area contributed by atoms with Gasteiger partial charge in [0.25, 0.3) is 5.91 Å². The highest BCUT2D eigenvalue weighted by Gasteiger charge is 2.16. The van der Waals surface area contributed by atoms with Gasteiger partial charge in [-0.2, -0.15) is 0 Å². The van der Waals surface area contributed by atoms with Gasteiger partial charge in [0.15, 0.2) is 16.6 Å². The zero-order chi connectivity index (χ0) is 19.3. The highest BCUT2D eigenvalue weighted by Crippen LogP contribution is 2.27. The first-order valence-corrected chi connectivity index (χ1v) is 10.4. The summed E-state index contributed by atoms with van der Waals surface area (Å²) in [6.07, 6.45) is 1.64. The maximum Gasteiger partial charge on any atom is 0.263 e. The average molecular weight is 399 g/mol. The Bertz CT molecular complexity index is 893. The summed E-state index contributed by atoms with van der Waals surface area (Å²) in [7, 11) is -0.289. The molecule has 1 amide bonds. The largest absolute Gasteiger partial charge is 0.493 e. The van der Waals surface area contributed by atoms with Gasteiger partial charge in [-0.15, -0.1) is 0 Å². The van der Waals surface area contributed by atoms with Crippen LogP contribution >= 0.6 is 11.3 Å². The van der Waals surface area contributed by atoms with Crippen LogP contribution < -0.4 is 19.5 Å². The molecule has 1 heterocycles. The van der Waals surface area contributed by atoms with Crippen LogP contribution in [0.3, 0.4) is 0 Å². The quantitative estimate of drug-likeness (QED) is 0.701. The number of hydrogen-bond donors (Lipinski definition) is 2. The Balaban J connectivity index is 1.97. The lowest BCUT2D eigenvalue weighted by molar-refractivity contribution is 0.0957. The number of thiazole rings is 1. The van der Waals surface area contributed by atoms with E-state index in [2.05, 4.69) is 15.0 Å². The van der Waals surface area contributed by atoms with Crippen LogP contribution in [0.25, 0.3) is 0 Å². The highest BCUT2D eigenvalue weighted by atomic mass is 32.2. The van der Waals surface area contributed by atoms with Gasteiger partial charge in [-0.1, -0.05) is 17.4 Å². The third-order valence-electron chi connectivity index (χ3n) is 3.42. The molecule has 1 aromatic heterocycles. The van der Waals surface area contributed by atoms with Crippen LogP contribution in [0, 0.1) is 6.92 Å². The molecule has 0 unspecified atom stereocenters. The fraction of sp³-hybridized carbons (Fsp3) is 0.375. The van der Waals surface area contributed by atoms with Gasteiger partial charge in [-0.05, 0) is 31.0 Å². The molecule has 0 spiro atoms. The molecule has 0 aliphatic heterocycles. The Kier molecular flexibility index (Phi) is 6.43. The maximum atomic E-state index is 12.3. The molecule has 0 saturated heterocycles. The lowest BCUT2D eigenvalue weighted by Crippen LogP contribution is -2.25. The summed E-state index contributed by atoms with van der Waals surface area (Å²) in [5, 5.41) is 2.99. The van der Waals surface area contributed by atoms with Crippen molar-refractivity contribution in [3.8, 4) is 11.5 Å². The van der Waals surface area contributed by atoms with Crippen molar-refractivity contribution >= 4 is 32.4 Å². The van der Waals surface area contributed by atoms with Crippen molar-refractivity contribution in [2.75, 3.05) is 31.7 Å². The number of aromatic nitrogens is 1. The van der Waals surface area contributed by atoms with Gasteiger partial charge >= 0.3 is 0 Å². The molecule has 10 heteroatoms. The zero-order valence-corrected chi connectivity index (χ0v) is 16.6. The van der Waals surface area contributed by atoms with Crippen LogP contribution in [0.1, 0.15) is 20.9 Å². The van der Waals surface area contributed by atoms with E-state index in [0.29, 0.717) is 35.0 Å². The molecule has 0 fully saturated rings. The number of amides is 1. The fourth-order valence-electron chi connectivity index (χ4n) is 2.25. The summed E-state index contributed by atoms with van der Waals surface area (Å²) in [5.74, 6) is 0.986. The van der Waals surface area contributed by atoms with Gasteiger partial charge in [0.1, 0.15) is 4.88 Å². The molecule has 2 aromatic rings. The third kappa shape index (κ3) is 5.33. The standard InChI is InChI=1S/C16H21N3O5S2/c1-10-14(25-16(18-10)19-26(4,21)22)15(20)17-8-7-11-5-6-12(23-2)13(9-11)24-3/h5-6,9H,7-8H2,1-4H3,(H,17,20)(H,18,19). The first-order chi connectivity index (χ1) is 12.2. The number of methoxy groups -OCH3 is 2. The predicted octanol–water partition coefficient (Wildman–Crippen LogP) is 1.81. The molecule has 0 saturated carbocycles. The summed E-state index contributed by atoms with van der Waals surface area (Å²) in [5.41, 5.74) is 1.47. The fourth-order valence-corrected chi connectivity index (χ4v) is 3.96. The Hall–Kier alpha value is -2.33. The number of aryl methyl sites for hydroxylation is 1. The molecule has 2 rings (SSSR count). The summed E-state index contributed by atoms with van der Waals surface area (Å²) in [6, 6.07) is 5.57. The Morgan fingerprint density at radius 1 is 1.23 bits per heavy atom. The van der Waals surface area contributed by atoms with Gasteiger partial charge in [-0.25, -0.2) is 13.4 Å². The second-order valence-corrected chi connectivity index (χ2v) is 8.25. The van der Waals surface area contributed by atoms with Gasteiger partial charge < -0.3 is 14.8 Å². The summed E-state index contributed by atoms with van der Waals surface area (Å²) in [4.78, 5) is 16.7. The second kappa shape index (κ2) is 8.37. The predicted molar refractivity (Wildman–Crippen MR) is 101 cm³/mol. The SMILES string of the molecule is COc1ccc(CCNC(=O)c2sc(NS(C)(=O)=O)nc2C)cc1OC. The first kappa shape index (κ1) is 20.0. The van der Waals surface area contributed by atoms with E-state index in [1.165, 1.54) is 0 Å². The van der Waals surface area contributed by atoms with Crippen LogP contribution in [0.4, 0.5) is 5.13 Å². The smallest absolute Gasteiger partial charge is 0.263 e. The van der Waals surface area contributed by atoms with Crippen LogP contribution in [0.5, 0.6) is 11.5 Å². The van der Waals surface area contributed by atoms with Crippen molar-refractivity contribution in [2.24, 2.45) is 0 Å². The number of hydrogen-bond acceptors (Lipinski definition) is 7. The van der Waals surface area contributed by atoms with Crippen molar-refractivity contribution in [2.45, 2.75) is 13.3 Å². The first-order valence-electron chi connectivity index (χ1n) is 7.68. The topological polar surface area (TPSA) is 107 Å². The molecular weight excluding hydrogens is 378 g/mol. The van der Waals surface area contributed by atoms with Gasteiger partial charge in [0, 0.05) is 6.54 Å². The number of anilines is 1. The Labute approximate surface area is 156 Å². The summed E-state index contributed by atoms with van der Waals surface area (Å²) < 4.78 is 35.2. The van der Waals surface area contributed by atoms with E-state index >= 15 is 0 Å². The minimum atomic E-state index is -3.43. The summed E-state index contributed by atoms with van der Waals surface area (Å²) >= 11 is 1.00. The zero-order valence-electron chi connectivity index (χ0n) is 15.0. The molecule has 0 aliphatic carbocycles. The molecule has 0 radical (unpaired) electrons. The molecular formula is C16H21N3O5S2. The van der Waals surface area contributed by atoms with E-state index in [-0.39, 0.29) is 11.0 Å². The number of benzene rings is 1. The molecule has 0 aliphatic rings. The van der Waals surface area contributed by atoms with E-state index in [1.807, 2.05) is 18.2 Å². The maximum absolute atomic E-state index is 12.3. The second-order valence-electron chi connectivity index (χ2n) is 5.50. The molecule has 2 N–H and O–H groups in total. The lowest BCUT2D eigenvalue weighted by atomic mass is 10.1. The molecule has 0 atom stereocenters. The number of rotatable bonds is 8. The monoisotopic (exact) mass is 399 g/mol. The number of sulfonamides is 1. The van der Waals surface area contributed by atoms with Crippen molar-refractivity contribution < 1.29 is 22.7 Å². The van der Waals surface area contributed by atoms with Crippen LogP contribution in [-0.4, -0.2) is 46.3 Å². The van der Waals surface area contributed by atoms with E-state index in [0.717, 1.165) is 23.2 Å². The molecule has 8 nitrogen and oxygen atoms in total. The summed E-state index contributed by atoms with van der Waals surface area (Å²) in [6.45, 7) is 2.08. The Morgan fingerprint density at radius 2 is 1.92 bits per heavy atom. The normalized spacial score (nSPS) is 11.1. The van der Waals surface area contributed by atoms with Crippen molar-refractivity contribution in [1.82, 2.24) is 10.3 Å². The molecule has 142 valence electrons. The van der Waals surface area contributed by atoms with E-state index in [9.17, 15) is 13.2 Å². The Morgan fingerprint density at radius 3 is 2.54 bits per heavy atom. The number of carbonyl (C=O) groups is 1. The number of nitrogens with zero attached hydrogens (tertiary/aromatic N) is 1. The van der Waals surface area contributed by atoms with E-state index in [4.69, 9.17) is 9.47 Å². The number of nitrogens with one attached hydrogen (secondary N) is 2. The van der Waals surface area contributed by atoms with E-state index < -0.39 is 10.0 Å². The van der Waals surface area contributed by atoms with E-state index in [1.54, 1.807) is 21.1 Å². The third-order valence-corrected chi connectivity index (χ3v) is 5.19. The van der Waals surface area contributed by atoms with Crippen molar-refractivity contribution in [1.29, 1.82) is 0 Å². The van der Waals surface area contributed by atoms with Crippen molar-refractivity contribution in [3.63, 3.8) is 0 Å². The highest BCUT2D eigenvalue weighted by molar-refractivity contribution is 7.92. The number of carbonyl (C=O) groups excluding carboxylic acids is 1. The minimum absolute atomic E-state index is 0.176. The van der Waals surface area contributed by atoms with Crippen LogP contribution in [0.2, 0.25) is 0 Å². The van der Waals surface area contributed by atoms with Crippen molar-refractivity contribution in [3.05, 3.63) is 34.3 Å².